The van der Waals surface area contributed by atoms with Crippen LogP contribution in [0, 0.1) is 0 Å². The first-order valence-corrected chi connectivity index (χ1v) is 4.17. The number of carbonyl (C=O) groups is 1. The van der Waals surface area contributed by atoms with Gasteiger partial charge in [-0.05, 0) is 6.08 Å². The van der Waals surface area contributed by atoms with Gasteiger partial charge in [0.1, 0.15) is 0 Å². The molecule has 1 atom stereocenters. The van der Waals surface area contributed by atoms with E-state index < -0.39 is 0 Å². The van der Waals surface area contributed by atoms with E-state index in [4.69, 9.17) is 5.11 Å². The summed E-state index contributed by atoms with van der Waals surface area (Å²) in [5.41, 5.74) is 0. The highest BCUT2D eigenvalue weighted by Crippen LogP contribution is 2.35. The Balaban J connectivity index is 2.22. The number of amides is 1. The Kier molecular flexibility index (Phi) is 1.17. The molecule has 0 spiro atoms. The summed E-state index contributed by atoms with van der Waals surface area (Å²) in [6, 6.07) is 0. The summed E-state index contributed by atoms with van der Waals surface area (Å²) in [6.07, 6.45) is 2.25. The van der Waals surface area contributed by atoms with Crippen LogP contribution in [-0.2, 0) is 4.79 Å². The molecule has 1 unspecified atom stereocenters. The van der Waals surface area contributed by atoms with Crippen molar-refractivity contribution in [3.8, 4) is 0 Å². The van der Waals surface area contributed by atoms with Crippen LogP contribution in [0.1, 0.15) is 6.42 Å². The predicted molar refractivity (Wildman–Crippen MR) is 38.4 cm³/mol. The SMILES string of the molecule is O=C1CC2SCC=C(O)N12. The lowest BCUT2D eigenvalue weighted by Gasteiger charge is -2.40. The normalized spacial score (nSPS) is 30.8. The first-order valence-electron chi connectivity index (χ1n) is 3.12. The Morgan fingerprint density at radius 1 is 1.80 bits per heavy atom. The fourth-order valence-electron chi connectivity index (χ4n) is 1.13. The largest absolute Gasteiger partial charge is 0.495 e. The van der Waals surface area contributed by atoms with Crippen molar-refractivity contribution >= 4 is 17.7 Å². The minimum atomic E-state index is 0.0333. The highest BCUT2D eigenvalue weighted by atomic mass is 32.2. The number of thioether (sulfide) groups is 1. The number of hydrogen-bond acceptors (Lipinski definition) is 3. The van der Waals surface area contributed by atoms with Gasteiger partial charge in [0.25, 0.3) is 0 Å². The quantitative estimate of drug-likeness (QED) is 0.526. The molecule has 54 valence electrons. The van der Waals surface area contributed by atoms with Gasteiger partial charge in [-0.1, -0.05) is 0 Å². The van der Waals surface area contributed by atoms with Gasteiger partial charge in [-0.2, -0.15) is 0 Å². The van der Waals surface area contributed by atoms with Gasteiger partial charge in [-0.3, -0.25) is 9.69 Å². The topological polar surface area (TPSA) is 40.5 Å². The molecule has 2 aliphatic heterocycles. The summed E-state index contributed by atoms with van der Waals surface area (Å²) >= 11 is 1.69. The molecular weight excluding hydrogens is 150 g/mol. The molecular formula is C6H7NO2S. The molecule has 1 N–H and O–H groups in total. The van der Waals surface area contributed by atoms with Gasteiger partial charge >= 0.3 is 0 Å². The zero-order valence-corrected chi connectivity index (χ0v) is 6.10. The molecule has 3 nitrogen and oxygen atoms in total. The standard InChI is InChI=1S/C6H7NO2S/c8-4-1-2-10-6-3-5(9)7(4)6/h1,6,8H,2-3H2. The summed E-state index contributed by atoms with van der Waals surface area (Å²) in [7, 11) is 0. The molecule has 10 heavy (non-hydrogen) atoms. The monoisotopic (exact) mass is 157 g/mol. The Bertz CT molecular complexity index is 214. The van der Waals surface area contributed by atoms with Gasteiger partial charge in [-0.15, -0.1) is 11.8 Å². The summed E-state index contributed by atoms with van der Waals surface area (Å²) in [4.78, 5) is 12.2. The second kappa shape index (κ2) is 1.92. The average molecular weight is 157 g/mol. The van der Waals surface area contributed by atoms with E-state index in [-0.39, 0.29) is 17.2 Å². The number of rotatable bonds is 0. The van der Waals surface area contributed by atoms with Gasteiger partial charge in [0, 0.05) is 5.75 Å². The third kappa shape index (κ3) is 0.653. The van der Waals surface area contributed by atoms with Crippen LogP contribution >= 0.6 is 11.8 Å². The number of β-lactam (4-membered cyclic amide) rings is 1. The third-order valence-electron chi connectivity index (χ3n) is 1.71. The van der Waals surface area contributed by atoms with Gasteiger partial charge in [0.15, 0.2) is 5.88 Å². The fourth-order valence-corrected chi connectivity index (χ4v) is 2.23. The van der Waals surface area contributed by atoms with Crippen molar-refractivity contribution in [2.75, 3.05) is 5.75 Å². The number of aliphatic hydroxyl groups is 1. The lowest BCUT2D eigenvalue weighted by Crippen LogP contribution is -2.51. The smallest absolute Gasteiger partial charge is 0.233 e. The Hall–Kier alpha value is -0.640. The Labute approximate surface area is 62.7 Å². The molecule has 0 aliphatic carbocycles. The summed E-state index contributed by atoms with van der Waals surface area (Å²) in [5, 5.41) is 9.34. The first-order chi connectivity index (χ1) is 4.79. The van der Waals surface area contributed by atoms with E-state index in [1.165, 1.54) is 4.90 Å². The number of fused-ring (bicyclic) bond motifs is 1. The van der Waals surface area contributed by atoms with Gasteiger partial charge in [0.05, 0.1) is 11.8 Å². The predicted octanol–water partition coefficient (Wildman–Crippen LogP) is 0.691. The third-order valence-corrected chi connectivity index (χ3v) is 2.83. The first kappa shape index (κ1) is 6.09. The maximum atomic E-state index is 10.8. The molecule has 0 aromatic rings. The maximum absolute atomic E-state index is 10.8. The molecule has 2 rings (SSSR count). The van der Waals surface area contributed by atoms with Crippen LogP contribution in [0.25, 0.3) is 0 Å². The van der Waals surface area contributed by atoms with Crippen LogP contribution in [0.5, 0.6) is 0 Å². The van der Waals surface area contributed by atoms with Crippen molar-refractivity contribution in [1.29, 1.82) is 0 Å². The summed E-state index contributed by atoms with van der Waals surface area (Å²) < 4.78 is 0. The van der Waals surface area contributed by atoms with Crippen molar-refractivity contribution in [3.05, 3.63) is 12.0 Å². The van der Waals surface area contributed by atoms with Crippen molar-refractivity contribution < 1.29 is 9.90 Å². The average Bonchev–Trinajstić information content (AvgIpc) is 1.85. The lowest BCUT2D eigenvalue weighted by atomic mass is 10.2. The zero-order valence-electron chi connectivity index (χ0n) is 5.28. The van der Waals surface area contributed by atoms with Crippen LogP contribution in [0.2, 0.25) is 0 Å². The van der Waals surface area contributed by atoms with Crippen LogP contribution in [0.15, 0.2) is 12.0 Å². The fraction of sp³-hybridized carbons (Fsp3) is 0.500. The molecule has 4 heteroatoms. The molecule has 1 fully saturated rings. The van der Waals surface area contributed by atoms with Gasteiger partial charge in [-0.25, -0.2) is 0 Å². The van der Waals surface area contributed by atoms with Crippen molar-refractivity contribution in [1.82, 2.24) is 4.90 Å². The second-order valence-corrected chi connectivity index (χ2v) is 3.53. The summed E-state index contributed by atoms with van der Waals surface area (Å²) in [6.45, 7) is 0. The Morgan fingerprint density at radius 2 is 2.60 bits per heavy atom. The Morgan fingerprint density at radius 3 is 3.10 bits per heavy atom. The van der Waals surface area contributed by atoms with E-state index in [0.717, 1.165) is 5.75 Å². The molecule has 2 aliphatic rings. The van der Waals surface area contributed by atoms with Crippen LogP contribution < -0.4 is 0 Å². The molecule has 0 saturated carbocycles. The lowest BCUT2D eigenvalue weighted by molar-refractivity contribution is -0.141. The van der Waals surface area contributed by atoms with Crippen molar-refractivity contribution in [2.24, 2.45) is 0 Å². The van der Waals surface area contributed by atoms with Gasteiger partial charge in [0.2, 0.25) is 5.91 Å². The van der Waals surface area contributed by atoms with Crippen molar-refractivity contribution in [3.63, 3.8) is 0 Å². The molecule has 0 bridgehead atoms. The molecule has 1 amide bonds. The van der Waals surface area contributed by atoms with E-state index in [0.29, 0.717) is 6.42 Å². The van der Waals surface area contributed by atoms with Gasteiger partial charge < -0.3 is 5.11 Å². The molecule has 2 heterocycles. The van der Waals surface area contributed by atoms with Crippen LogP contribution in [0.3, 0.4) is 0 Å². The van der Waals surface area contributed by atoms with E-state index in [1.807, 2.05) is 0 Å². The minimum Gasteiger partial charge on any atom is -0.495 e. The van der Waals surface area contributed by atoms with E-state index >= 15 is 0 Å². The molecule has 1 saturated heterocycles. The van der Waals surface area contributed by atoms with E-state index in [9.17, 15) is 4.79 Å². The molecule has 0 aromatic heterocycles. The zero-order chi connectivity index (χ0) is 7.14. The number of hydrogen-bond donors (Lipinski definition) is 1. The summed E-state index contributed by atoms with van der Waals surface area (Å²) in [5.74, 6) is 0.992. The minimum absolute atomic E-state index is 0.0333. The molecule has 0 radical (unpaired) electrons. The molecule has 0 aromatic carbocycles. The van der Waals surface area contributed by atoms with Crippen molar-refractivity contribution in [2.45, 2.75) is 11.8 Å². The van der Waals surface area contributed by atoms with E-state index in [2.05, 4.69) is 0 Å². The number of carbonyl (C=O) groups excluding carboxylic acids is 1. The van der Waals surface area contributed by atoms with Crippen LogP contribution in [0.4, 0.5) is 0 Å². The van der Waals surface area contributed by atoms with E-state index in [1.54, 1.807) is 17.8 Å². The number of nitrogens with zero attached hydrogens (tertiary/aromatic N) is 1. The van der Waals surface area contributed by atoms with Crippen LogP contribution in [-0.4, -0.2) is 27.0 Å². The highest BCUT2D eigenvalue weighted by Gasteiger charge is 2.40. The highest BCUT2D eigenvalue weighted by molar-refractivity contribution is 8.00. The second-order valence-electron chi connectivity index (χ2n) is 2.32. The maximum Gasteiger partial charge on any atom is 0.233 e. The number of aliphatic hydroxyl groups excluding tert-OH is 1.